The topological polar surface area (TPSA) is 3.24 Å². The molecule has 0 amide bonds. The molecular formula is C14H25F2N. The van der Waals surface area contributed by atoms with Gasteiger partial charge < -0.3 is 4.90 Å². The van der Waals surface area contributed by atoms with E-state index in [0.717, 1.165) is 37.9 Å². The van der Waals surface area contributed by atoms with Crippen molar-refractivity contribution in [3.8, 4) is 0 Å². The van der Waals surface area contributed by atoms with Gasteiger partial charge in [-0.2, -0.15) is 0 Å². The molecule has 1 aliphatic carbocycles. The van der Waals surface area contributed by atoms with Crippen molar-refractivity contribution in [2.75, 3.05) is 19.6 Å². The summed E-state index contributed by atoms with van der Waals surface area (Å²) in [6, 6.07) is 0. The summed E-state index contributed by atoms with van der Waals surface area (Å²) in [5, 5.41) is 0. The van der Waals surface area contributed by atoms with Crippen LogP contribution in [0.5, 0.6) is 0 Å². The first kappa shape index (κ1) is 13.3. The lowest BCUT2D eigenvalue weighted by molar-refractivity contribution is 0.00273. The Morgan fingerprint density at radius 3 is 2.29 bits per heavy atom. The van der Waals surface area contributed by atoms with Gasteiger partial charge in [-0.05, 0) is 50.1 Å². The van der Waals surface area contributed by atoms with Gasteiger partial charge in [0, 0.05) is 19.4 Å². The van der Waals surface area contributed by atoms with Gasteiger partial charge >= 0.3 is 0 Å². The van der Waals surface area contributed by atoms with Crippen LogP contribution in [0.4, 0.5) is 8.78 Å². The number of halogens is 2. The highest BCUT2D eigenvalue weighted by molar-refractivity contribution is 4.84. The lowest BCUT2D eigenvalue weighted by Crippen LogP contribution is -2.38. The number of nitrogens with zero attached hydrogens (tertiary/aromatic N) is 1. The van der Waals surface area contributed by atoms with Crippen molar-refractivity contribution in [2.24, 2.45) is 17.8 Å². The Kier molecular flexibility index (Phi) is 4.06. The highest BCUT2D eigenvalue weighted by Gasteiger charge is 2.40. The van der Waals surface area contributed by atoms with E-state index in [1.165, 1.54) is 12.8 Å². The van der Waals surface area contributed by atoms with Gasteiger partial charge in [0.05, 0.1) is 0 Å². The minimum Gasteiger partial charge on any atom is -0.303 e. The van der Waals surface area contributed by atoms with Crippen molar-refractivity contribution in [1.82, 2.24) is 4.90 Å². The molecule has 1 saturated carbocycles. The van der Waals surface area contributed by atoms with Crippen LogP contribution in [-0.4, -0.2) is 30.5 Å². The molecule has 0 aromatic carbocycles. The lowest BCUT2D eigenvalue weighted by atomic mass is 9.86. The van der Waals surface area contributed by atoms with E-state index >= 15 is 0 Å². The molecule has 17 heavy (non-hydrogen) atoms. The maximum atomic E-state index is 13.1. The second kappa shape index (κ2) is 5.21. The summed E-state index contributed by atoms with van der Waals surface area (Å²) >= 11 is 0. The molecule has 0 bridgehead atoms. The number of likely N-dealkylation sites (tertiary alicyclic amines) is 1. The number of hydrogen-bond donors (Lipinski definition) is 0. The van der Waals surface area contributed by atoms with Gasteiger partial charge in [0.1, 0.15) is 0 Å². The molecule has 0 aromatic heterocycles. The molecule has 1 atom stereocenters. The zero-order valence-electron chi connectivity index (χ0n) is 11.1. The zero-order chi connectivity index (χ0) is 12.5. The molecule has 1 heterocycles. The summed E-state index contributed by atoms with van der Waals surface area (Å²) < 4.78 is 26.2. The Bertz CT molecular complexity index is 245. The maximum absolute atomic E-state index is 13.1. The van der Waals surface area contributed by atoms with E-state index in [9.17, 15) is 8.78 Å². The summed E-state index contributed by atoms with van der Waals surface area (Å²) in [6.07, 6.45) is 3.45. The van der Waals surface area contributed by atoms with Crippen molar-refractivity contribution in [3.63, 3.8) is 0 Å². The van der Waals surface area contributed by atoms with Gasteiger partial charge in [-0.1, -0.05) is 13.8 Å². The standard InChI is InChI=1S/C14H25F2N/c1-11(2)13-4-7-17(8-5-13)10-12-3-6-14(15,16)9-12/h11-13H,3-10H2,1-2H3. The number of piperidine rings is 1. The summed E-state index contributed by atoms with van der Waals surface area (Å²) in [4.78, 5) is 2.41. The molecule has 2 fully saturated rings. The fourth-order valence-corrected chi connectivity index (χ4v) is 3.36. The van der Waals surface area contributed by atoms with Crippen molar-refractivity contribution >= 4 is 0 Å². The molecule has 0 radical (unpaired) electrons. The van der Waals surface area contributed by atoms with E-state index in [0.29, 0.717) is 0 Å². The average Bonchev–Trinajstić information content (AvgIpc) is 2.59. The van der Waals surface area contributed by atoms with Crippen molar-refractivity contribution < 1.29 is 8.78 Å². The van der Waals surface area contributed by atoms with Gasteiger partial charge in [0.15, 0.2) is 0 Å². The third kappa shape index (κ3) is 3.64. The molecule has 1 nitrogen and oxygen atoms in total. The first-order valence-electron chi connectivity index (χ1n) is 7.06. The molecule has 1 aliphatic heterocycles. The number of hydrogen-bond acceptors (Lipinski definition) is 1. The minimum absolute atomic E-state index is 0.111. The Morgan fingerprint density at radius 1 is 1.18 bits per heavy atom. The largest absolute Gasteiger partial charge is 0.303 e. The molecule has 2 aliphatic rings. The molecule has 0 N–H and O–H groups in total. The molecule has 100 valence electrons. The van der Waals surface area contributed by atoms with Gasteiger partial charge in [-0.25, -0.2) is 8.78 Å². The maximum Gasteiger partial charge on any atom is 0.248 e. The second-order valence-electron chi connectivity index (χ2n) is 6.35. The van der Waals surface area contributed by atoms with Crippen LogP contribution in [0.1, 0.15) is 46.0 Å². The van der Waals surface area contributed by atoms with Crippen LogP contribution >= 0.6 is 0 Å². The van der Waals surface area contributed by atoms with Crippen LogP contribution in [0.25, 0.3) is 0 Å². The smallest absolute Gasteiger partial charge is 0.248 e. The summed E-state index contributed by atoms with van der Waals surface area (Å²) in [5.41, 5.74) is 0. The first-order chi connectivity index (χ1) is 7.96. The molecule has 0 spiro atoms. The molecule has 2 rings (SSSR count). The van der Waals surface area contributed by atoms with E-state index < -0.39 is 5.92 Å². The average molecular weight is 245 g/mol. The number of rotatable bonds is 3. The van der Waals surface area contributed by atoms with Gasteiger partial charge in [-0.15, -0.1) is 0 Å². The quantitative estimate of drug-likeness (QED) is 0.731. The van der Waals surface area contributed by atoms with Crippen LogP contribution in [-0.2, 0) is 0 Å². The normalized spacial score (nSPS) is 31.2. The molecular weight excluding hydrogens is 220 g/mol. The van der Waals surface area contributed by atoms with Crippen molar-refractivity contribution in [1.29, 1.82) is 0 Å². The van der Waals surface area contributed by atoms with E-state index in [2.05, 4.69) is 18.7 Å². The third-order valence-electron chi connectivity index (χ3n) is 4.60. The lowest BCUT2D eigenvalue weighted by Gasteiger charge is -2.35. The van der Waals surface area contributed by atoms with Crippen LogP contribution < -0.4 is 0 Å². The van der Waals surface area contributed by atoms with E-state index in [1.807, 2.05) is 0 Å². The highest BCUT2D eigenvalue weighted by Crippen LogP contribution is 2.39. The molecule has 1 unspecified atom stereocenters. The molecule has 0 aromatic rings. The van der Waals surface area contributed by atoms with E-state index in [4.69, 9.17) is 0 Å². The molecule has 1 saturated heterocycles. The second-order valence-corrected chi connectivity index (χ2v) is 6.35. The van der Waals surface area contributed by atoms with Gasteiger partial charge in [0.2, 0.25) is 5.92 Å². The summed E-state index contributed by atoms with van der Waals surface area (Å²) in [5.74, 6) is -0.522. The highest BCUT2D eigenvalue weighted by atomic mass is 19.3. The van der Waals surface area contributed by atoms with Crippen molar-refractivity contribution in [3.05, 3.63) is 0 Å². The SMILES string of the molecule is CC(C)C1CCN(CC2CCC(F)(F)C2)CC1. The Morgan fingerprint density at radius 2 is 1.82 bits per heavy atom. The van der Waals surface area contributed by atoms with Gasteiger partial charge in [-0.3, -0.25) is 0 Å². The predicted octanol–water partition coefficient (Wildman–Crippen LogP) is 3.79. The fourth-order valence-electron chi connectivity index (χ4n) is 3.36. The first-order valence-corrected chi connectivity index (χ1v) is 7.06. The van der Waals surface area contributed by atoms with Crippen LogP contribution in [0, 0.1) is 17.8 Å². The summed E-state index contributed by atoms with van der Waals surface area (Å²) in [6.45, 7) is 7.71. The van der Waals surface area contributed by atoms with Crippen LogP contribution in [0.2, 0.25) is 0 Å². The van der Waals surface area contributed by atoms with Crippen molar-refractivity contribution in [2.45, 2.75) is 51.9 Å². The van der Waals surface area contributed by atoms with Crippen LogP contribution in [0.15, 0.2) is 0 Å². The fraction of sp³-hybridized carbons (Fsp3) is 1.00. The van der Waals surface area contributed by atoms with E-state index in [-0.39, 0.29) is 18.8 Å². The van der Waals surface area contributed by atoms with Gasteiger partial charge in [0.25, 0.3) is 0 Å². The Hall–Kier alpha value is -0.180. The Labute approximate surface area is 104 Å². The minimum atomic E-state index is -2.37. The zero-order valence-corrected chi connectivity index (χ0v) is 11.1. The third-order valence-corrected chi connectivity index (χ3v) is 4.60. The monoisotopic (exact) mass is 245 g/mol. The van der Waals surface area contributed by atoms with Crippen LogP contribution in [0.3, 0.4) is 0 Å². The Balaban J connectivity index is 1.72. The predicted molar refractivity (Wildman–Crippen MR) is 66.3 cm³/mol. The number of alkyl halides is 2. The molecule has 3 heteroatoms. The van der Waals surface area contributed by atoms with E-state index in [1.54, 1.807) is 0 Å². The summed E-state index contributed by atoms with van der Waals surface area (Å²) in [7, 11) is 0.